The Balaban J connectivity index is 1.96. The number of carbonyl (C=O) groups excluding carboxylic acids is 3. The van der Waals surface area contributed by atoms with Gasteiger partial charge in [-0.1, -0.05) is 12.1 Å². The predicted molar refractivity (Wildman–Crippen MR) is 99.5 cm³/mol. The van der Waals surface area contributed by atoms with E-state index in [9.17, 15) is 14.4 Å². The summed E-state index contributed by atoms with van der Waals surface area (Å²) in [5.41, 5.74) is 1.17. The standard InChI is InChI=1S/C20H21NO6/c1-4-26-17-9-8-15(11-18(17)25-3)20(24)27-12-19(23)21-16-7-5-6-14(10-16)13(2)22/h5-11H,4,12H2,1-3H3,(H,21,23). The van der Waals surface area contributed by atoms with E-state index in [0.29, 0.717) is 29.4 Å². The molecule has 0 aliphatic carbocycles. The highest BCUT2D eigenvalue weighted by molar-refractivity contribution is 5.98. The van der Waals surface area contributed by atoms with Gasteiger partial charge in [-0.2, -0.15) is 0 Å². The first-order chi connectivity index (χ1) is 12.9. The van der Waals surface area contributed by atoms with Gasteiger partial charge in [-0.05, 0) is 44.2 Å². The summed E-state index contributed by atoms with van der Waals surface area (Å²) in [7, 11) is 1.47. The van der Waals surface area contributed by atoms with Crippen LogP contribution in [-0.4, -0.2) is 38.0 Å². The smallest absolute Gasteiger partial charge is 0.338 e. The zero-order valence-electron chi connectivity index (χ0n) is 15.4. The van der Waals surface area contributed by atoms with Gasteiger partial charge in [0.2, 0.25) is 0 Å². The van der Waals surface area contributed by atoms with Crippen molar-refractivity contribution in [1.29, 1.82) is 0 Å². The Morgan fingerprint density at radius 3 is 2.44 bits per heavy atom. The average Bonchev–Trinajstić information content (AvgIpc) is 2.66. The molecule has 2 rings (SSSR count). The van der Waals surface area contributed by atoms with E-state index in [1.807, 2.05) is 6.92 Å². The molecule has 27 heavy (non-hydrogen) atoms. The Kier molecular flexibility index (Phi) is 6.93. The van der Waals surface area contributed by atoms with Crippen LogP contribution in [0.2, 0.25) is 0 Å². The molecule has 7 nitrogen and oxygen atoms in total. The molecule has 0 bridgehead atoms. The van der Waals surface area contributed by atoms with Crippen LogP contribution in [-0.2, 0) is 9.53 Å². The van der Waals surface area contributed by atoms with Crippen molar-refractivity contribution in [3.05, 3.63) is 53.6 Å². The highest BCUT2D eigenvalue weighted by Gasteiger charge is 2.14. The van der Waals surface area contributed by atoms with E-state index in [0.717, 1.165) is 0 Å². The second-order valence-electron chi connectivity index (χ2n) is 5.56. The number of hydrogen-bond donors (Lipinski definition) is 1. The van der Waals surface area contributed by atoms with Crippen LogP contribution in [0.3, 0.4) is 0 Å². The summed E-state index contributed by atoms with van der Waals surface area (Å²) >= 11 is 0. The monoisotopic (exact) mass is 371 g/mol. The molecule has 2 aromatic rings. The lowest BCUT2D eigenvalue weighted by Crippen LogP contribution is -2.21. The van der Waals surface area contributed by atoms with Crippen molar-refractivity contribution in [2.24, 2.45) is 0 Å². The first-order valence-electron chi connectivity index (χ1n) is 8.33. The summed E-state index contributed by atoms with van der Waals surface area (Å²) in [4.78, 5) is 35.5. The molecule has 0 unspecified atom stereocenters. The quantitative estimate of drug-likeness (QED) is 0.566. The van der Waals surface area contributed by atoms with E-state index in [2.05, 4.69) is 5.32 Å². The van der Waals surface area contributed by atoms with Crippen molar-refractivity contribution in [1.82, 2.24) is 0 Å². The van der Waals surface area contributed by atoms with Gasteiger partial charge in [0.05, 0.1) is 19.3 Å². The average molecular weight is 371 g/mol. The summed E-state index contributed by atoms with van der Waals surface area (Å²) < 4.78 is 15.6. The third-order valence-electron chi connectivity index (χ3n) is 3.59. The van der Waals surface area contributed by atoms with Crippen LogP contribution in [0.25, 0.3) is 0 Å². The number of ketones is 1. The van der Waals surface area contributed by atoms with Crippen LogP contribution in [0.4, 0.5) is 5.69 Å². The predicted octanol–water partition coefficient (Wildman–Crippen LogP) is 3.09. The number of benzene rings is 2. The van der Waals surface area contributed by atoms with Gasteiger partial charge in [0.15, 0.2) is 23.9 Å². The minimum atomic E-state index is -0.663. The van der Waals surface area contributed by atoms with Gasteiger partial charge in [-0.15, -0.1) is 0 Å². The van der Waals surface area contributed by atoms with Crippen LogP contribution in [0.5, 0.6) is 11.5 Å². The maximum absolute atomic E-state index is 12.1. The van der Waals surface area contributed by atoms with Crippen molar-refractivity contribution in [3.63, 3.8) is 0 Å². The van der Waals surface area contributed by atoms with Crippen molar-refractivity contribution >= 4 is 23.3 Å². The van der Waals surface area contributed by atoms with Crippen LogP contribution in [0.1, 0.15) is 34.6 Å². The summed E-state index contributed by atoms with van der Waals surface area (Å²) in [5, 5.41) is 2.58. The number of carbonyl (C=O) groups is 3. The van der Waals surface area contributed by atoms with Gasteiger partial charge in [0.25, 0.3) is 5.91 Å². The lowest BCUT2D eigenvalue weighted by atomic mass is 10.1. The van der Waals surface area contributed by atoms with Crippen LogP contribution >= 0.6 is 0 Å². The third-order valence-corrected chi connectivity index (χ3v) is 3.59. The molecule has 0 spiro atoms. The van der Waals surface area contributed by atoms with Gasteiger partial charge in [0, 0.05) is 11.3 Å². The Hall–Kier alpha value is -3.35. The molecule has 0 saturated carbocycles. The number of hydrogen-bond acceptors (Lipinski definition) is 6. The van der Waals surface area contributed by atoms with Gasteiger partial charge >= 0.3 is 5.97 Å². The van der Waals surface area contributed by atoms with E-state index in [1.54, 1.807) is 30.3 Å². The molecule has 1 N–H and O–H groups in total. The van der Waals surface area contributed by atoms with E-state index >= 15 is 0 Å². The van der Waals surface area contributed by atoms with Crippen LogP contribution in [0.15, 0.2) is 42.5 Å². The molecule has 7 heteroatoms. The maximum Gasteiger partial charge on any atom is 0.338 e. The number of Topliss-reactive ketones (excluding diaryl/α,β-unsaturated/α-hetero) is 1. The maximum atomic E-state index is 12.1. The van der Waals surface area contributed by atoms with Gasteiger partial charge in [-0.3, -0.25) is 9.59 Å². The topological polar surface area (TPSA) is 90.9 Å². The van der Waals surface area contributed by atoms with Crippen LogP contribution < -0.4 is 14.8 Å². The molecule has 0 aliphatic heterocycles. The molecule has 142 valence electrons. The number of amides is 1. The first-order valence-corrected chi connectivity index (χ1v) is 8.33. The fourth-order valence-electron chi connectivity index (χ4n) is 2.30. The Morgan fingerprint density at radius 1 is 1.00 bits per heavy atom. The number of rotatable bonds is 8. The molecular formula is C20H21NO6. The Labute approximate surface area is 157 Å². The molecular weight excluding hydrogens is 350 g/mol. The zero-order valence-corrected chi connectivity index (χ0v) is 15.4. The van der Waals surface area contributed by atoms with Crippen LogP contribution in [0, 0.1) is 0 Å². The molecule has 0 saturated heterocycles. The number of nitrogens with one attached hydrogen (secondary N) is 1. The van der Waals surface area contributed by atoms with E-state index in [1.165, 1.54) is 26.2 Å². The van der Waals surface area contributed by atoms with Gasteiger partial charge in [0.1, 0.15) is 0 Å². The SMILES string of the molecule is CCOc1ccc(C(=O)OCC(=O)Nc2cccc(C(C)=O)c2)cc1OC. The van der Waals surface area contributed by atoms with E-state index in [-0.39, 0.29) is 11.3 Å². The normalized spacial score (nSPS) is 10.0. The fraction of sp³-hybridized carbons (Fsp3) is 0.250. The minimum absolute atomic E-state index is 0.109. The van der Waals surface area contributed by atoms with Gasteiger partial charge in [-0.25, -0.2) is 4.79 Å². The lowest BCUT2D eigenvalue weighted by Gasteiger charge is -2.11. The fourth-order valence-corrected chi connectivity index (χ4v) is 2.30. The Morgan fingerprint density at radius 2 is 1.78 bits per heavy atom. The zero-order chi connectivity index (χ0) is 19.8. The number of esters is 1. The Bertz CT molecular complexity index is 846. The lowest BCUT2D eigenvalue weighted by molar-refractivity contribution is -0.119. The molecule has 2 aromatic carbocycles. The molecule has 0 radical (unpaired) electrons. The molecule has 0 fully saturated rings. The second-order valence-corrected chi connectivity index (χ2v) is 5.56. The molecule has 1 amide bonds. The minimum Gasteiger partial charge on any atom is -0.493 e. The summed E-state index contributed by atoms with van der Waals surface area (Å²) in [5.74, 6) is -0.371. The van der Waals surface area contributed by atoms with Gasteiger partial charge < -0.3 is 19.5 Å². The number of ether oxygens (including phenoxy) is 3. The van der Waals surface area contributed by atoms with Crippen molar-refractivity contribution in [2.45, 2.75) is 13.8 Å². The highest BCUT2D eigenvalue weighted by Crippen LogP contribution is 2.28. The van der Waals surface area contributed by atoms with Crippen molar-refractivity contribution < 1.29 is 28.6 Å². The highest BCUT2D eigenvalue weighted by atomic mass is 16.5. The molecule has 0 heterocycles. The van der Waals surface area contributed by atoms with E-state index in [4.69, 9.17) is 14.2 Å². The van der Waals surface area contributed by atoms with E-state index < -0.39 is 18.5 Å². The summed E-state index contributed by atoms with van der Waals surface area (Å²) in [6.45, 7) is 3.28. The third kappa shape index (κ3) is 5.57. The summed E-state index contributed by atoms with van der Waals surface area (Å²) in [6, 6.07) is 11.1. The largest absolute Gasteiger partial charge is 0.493 e. The van der Waals surface area contributed by atoms with Crippen molar-refractivity contribution in [3.8, 4) is 11.5 Å². The molecule has 0 atom stereocenters. The molecule has 0 aromatic heterocycles. The second kappa shape index (κ2) is 9.38. The first kappa shape index (κ1) is 20.0. The van der Waals surface area contributed by atoms with Crippen molar-refractivity contribution in [2.75, 3.05) is 25.6 Å². The molecule has 0 aliphatic rings. The number of anilines is 1. The summed E-state index contributed by atoms with van der Waals surface area (Å²) in [6.07, 6.45) is 0. The number of methoxy groups -OCH3 is 1.